The Morgan fingerprint density at radius 3 is 2.21 bits per heavy atom. The molecule has 0 fully saturated rings. The predicted octanol–water partition coefficient (Wildman–Crippen LogP) is 4.68. The Kier molecular flexibility index (Phi) is 5.29. The molecule has 0 aliphatic carbocycles. The van der Waals surface area contributed by atoms with E-state index in [1.165, 1.54) is 11.1 Å². The molecule has 0 aliphatic rings. The zero-order valence-electron chi connectivity index (χ0n) is 11.2. The monoisotopic (exact) mass is 274 g/mol. The van der Waals surface area contributed by atoms with Gasteiger partial charge in [-0.25, -0.2) is 0 Å². The molecule has 2 aromatic carbocycles. The van der Waals surface area contributed by atoms with Gasteiger partial charge in [-0.2, -0.15) is 0 Å². The first-order valence-corrected chi connectivity index (χ1v) is 7.13. The van der Waals surface area contributed by atoms with E-state index < -0.39 is 0 Å². The number of halogens is 1. The molecule has 0 saturated heterocycles. The summed E-state index contributed by atoms with van der Waals surface area (Å²) in [6, 6.07) is 18.4. The zero-order chi connectivity index (χ0) is 13.5. The summed E-state index contributed by atoms with van der Waals surface area (Å²) in [5.74, 6) is 2.13. The van der Waals surface area contributed by atoms with Crippen molar-refractivity contribution >= 4 is 11.6 Å². The largest absolute Gasteiger partial charge is 0.489 e. The molecule has 2 aromatic rings. The lowest BCUT2D eigenvalue weighted by atomic mass is 10.0. The van der Waals surface area contributed by atoms with Crippen LogP contribution in [0, 0.1) is 5.92 Å². The van der Waals surface area contributed by atoms with Crippen LogP contribution >= 0.6 is 11.6 Å². The maximum absolute atomic E-state index is 5.83. The molecule has 0 N–H and O–H groups in total. The Morgan fingerprint density at radius 1 is 0.947 bits per heavy atom. The van der Waals surface area contributed by atoms with Gasteiger partial charge in [0.25, 0.3) is 0 Å². The highest BCUT2D eigenvalue weighted by molar-refractivity contribution is 6.18. The third-order valence-corrected chi connectivity index (χ3v) is 3.55. The van der Waals surface area contributed by atoms with Crippen molar-refractivity contribution in [1.29, 1.82) is 0 Å². The second-order valence-electron chi connectivity index (χ2n) is 4.88. The van der Waals surface area contributed by atoms with Crippen molar-refractivity contribution in [2.24, 2.45) is 5.92 Å². The molecule has 0 spiro atoms. The van der Waals surface area contributed by atoms with Crippen molar-refractivity contribution < 1.29 is 4.74 Å². The van der Waals surface area contributed by atoms with Gasteiger partial charge in [-0.1, -0.05) is 49.4 Å². The molecule has 0 heterocycles. The van der Waals surface area contributed by atoms with Gasteiger partial charge < -0.3 is 4.74 Å². The second kappa shape index (κ2) is 7.20. The maximum Gasteiger partial charge on any atom is 0.119 e. The second-order valence-corrected chi connectivity index (χ2v) is 5.19. The van der Waals surface area contributed by atoms with Crippen LogP contribution in [0.4, 0.5) is 0 Å². The van der Waals surface area contributed by atoms with Gasteiger partial charge in [0.1, 0.15) is 12.4 Å². The smallest absolute Gasteiger partial charge is 0.119 e. The fourth-order valence-corrected chi connectivity index (χ4v) is 2.02. The maximum atomic E-state index is 5.83. The van der Waals surface area contributed by atoms with Gasteiger partial charge in [0, 0.05) is 5.88 Å². The van der Waals surface area contributed by atoms with Crippen LogP contribution in [0.2, 0.25) is 0 Å². The standard InChI is InChI=1S/C17H19ClO/c1-14(12-18)11-15-7-9-16(10-8-15)13-19-17-5-3-2-4-6-17/h2-10,14H,11-13H2,1H3. The summed E-state index contributed by atoms with van der Waals surface area (Å²) in [4.78, 5) is 0. The van der Waals surface area contributed by atoms with Crippen molar-refractivity contribution in [2.45, 2.75) is 20.0 Å². The Hall–Kier alpha value is -1.47. The molecule has 0 aromatic heterocycles. The van der Waals surface area contributed by atoms with Gasteiger partial charge in [-0.15, -0.1) is 11.6 Å². The fourth-order valence-electron chi connectivity index (χ4n) is 1.91. The zero-order valence-corrected chi connectivity index (χ0v) is 11.9. The Bertz CT molecular complexity index is 478. The summed E-state index contributed by atoms with van der Waals surface area (Å²) in [5.41, 5.74) is 2.52. The van der Waals surface area contributed by atoms with Gasteiger partial charge >= 0.3 is 0 Å². The van der Waals surface area contributed by atoms with Gasteiger partial charge in [0.15, 0.2) is 0 Å². The van der Waals surface area contributed by atoms with Crippen LogP contribution in [0.5, 0.6) is 5.75 Å². The molecular formula is C17H19ClO. The number of ether oxygens (including phenoxy) is 1. The summed E-state index contributed by atoms with van der Waals surface area (Å²) in [7, 11) is 0. The molecule has 0 amide bonds. The first-order valence-electron chi connectivity index (χ1n) is 6.59. The third kappa shape index (κ3) is 4.60. The first-order chi connectivity index (χ1) is 9.28. The number of rotatable bonds is 6. The van der Waals surface area contributed by atoms with Crippen molar-refractivity contribution in [3.63, 3.8) is 0 Å². The lowest BCUT2D eigenvalue weighted by Gasteiger charge is -2.09. The number of alkyl halides is 1. The quantitative estimate of drug-likeness (QED) is 0.695. The summed E-state index contributed by atoms with van der Waals surface area (Å²) < 4.78 is 5.71. The highest BCUT2D eigenvalue weighted by Crippen LogP contribution is 2.14. The van der Waals surface area contributed by atoms with Crippen LogP contribution in [0.1, 0.15) is 18.1 Å². The molecule has 1 unspecified atom stereocenters. The van der Waals surface area contributed by atoms with Crippen molar-refractivity contribution in [3.8, 4) is 5.75 Å². The molecule has 1 atom stereocenters. The Labute approximate surface area is 120 Å². The first kappa shape index (κ1) is 14.0. The van der Waals surface area contributed by atoms with E-state index in [-0.39, 0.29) is 0 Å². The minimum Gasteiger partial charge on any atom is -0.489 e. The number of hydrogen-bond donors (Lipinski definition) is 0. The highest BCUT2D eigenvalue weighted by Gasteiger charge is 2.02. The van der Waals surface area contributed by atoms with Crippen LogP contribution in [-0.4, -0.2) is 5.88 Å². The average Bonchev–Trinajstić information content (AvgIpc) is 2.47. The Balaban J connectivity index is 1.88. The van der Waals surface area contributed by atoms with Crippen LogP contribution in [-0.2, 0) is 13.0 Å². The summed E-state index contributed by atoms with van der Waals surface area (Å²) in [6.45, 7) is 2.77. The molecule has 2 heteroatoms. The SMILES string of the molecule is CC(CCl)Cc1ccc(COc2ccccc2)cc1. The number of benzene rings is 2. The van der Waals surface area contributed by atoms with Crippen LogP contribution in [0.3, 0.4) is 0 Å². The predicted molar refractivity (Wildman–Crippen MR) is 80.8 cm³/mol. The highest BCUT2D eigenvalue weighted by atomic mass is 35.5. The van der Waals surface area contributed by atoms with E-state index in [4.69, 9.17) is 16.3 Å². The van der Waals surface area contributed by atoms with E-state index in [2.05, 4.69) is 31.2 Å². The normalized spacial score (nSPS) is 12.1. The third-order valence-electron chi connectivity index (χ3n) is 3.02. The number of para-hydroxylation sites is 1. The molecule has 19 heavy (non-hydrogen) atoms. The van der Waals surface area contributed by atoms with Crippen molar-refractivity contribution in [2.75, 3.05) is 5.88 Å². The van der Waals surface area contributed by atoms with E-state index in [9.17, 15) is 0 Å². The van der Waals surface area contributed by atoms with Gasteiger partial charge in [-0.3, -0.25) is 0 Å². The van der Waals surface area contributed by atoms with E-state index in [1.54, 1.807) is 0 Å². The lowest BCUT2D eigenvalue weighted by molar-refractivity contribution is 0.306. The van der Waals surface area contributed by atoms with E-state index in [0.717, 1.165) is 12.2 Å². The minimum absolute atomic E-state index is 0.521. The van der Waals surface area contributed by atoms with E-state index >= 15 is 0 Å². The van der Waals surface area contributed by atoms with Gasteiger partial charge in [-0.05, 0) is 35.6 Å². The Morgan fingerprint density at radius 2 is 1.58 bits per heavy atom. The van der Waals surface area contributed by atoms with Crippen molar-refractivity contribution in [3.05, 3.63) is 65.7 Å². The van der Waals surface area contributed by atoms with E-state index in [0.29, 0.717) is 18.4 Å². The van der Waals surface area contributed by atoms with Crippen molar-refractivity contribution in [1.82, 2.24) is 0 Å². The van der Waals surface area contributed by atoms with Crippen LogP contribution in [0.15, 0.2) is 54.6 Å². The summed E-state index contributed by atoms with van der Waals surface area (Å²) in [6.07, 6.45) is 1.03. The molecule has 0 radical (unpaired) electrons. The summed E-state index contributed by atoms with van der Waals surface area (Å²) >= 11 is 5.83. The number of hydrogen-bond acceptors (Lipinski definition) is 1. The molecule has 0 bridgehead atoms. The van der Waals surface area contributed by atoms with Gasteiger partial charge in [0.05, 0.1) is 0 Å². The molecule has 1 nitrogen and oxygen atoms in total. The molecule has 100 valence electrons. The van der Waals surface area contributed by atoms with Crippen LogP contribution in [0.25, 0.3) is 0 Å². The molecule has 0 saturated carbocycles. The minimum atomic E-state index is 0.521. The fraction of sp³-hybridized carbons (Fsp3) is 0.294. The average molecular weight is 275 g/mol. The molecule has 2 rings (SSSR count). The summed E-state index contributed by atoms with van der Waals surface area (Å²) in [5, 5.41) is 0. The molecule has 0 aliphatic heterocycles. The van der Waals surface area contributed by atoms with Gasteiger partial charge in [0.2, 0.25) is 0 Å². The topological polar surface area (TPSA) is 9.23 Å². The molecular weight excluding hydrogens is 256 g/mol. The van der Waals surface area contributed by atoms with Crippen LogP contribution < -0.4 is 4.74 Å². The lowest BCUT2D eigenvalue weighted by Crippen LogP contribution is -2.01. The van der Waals surface area contributed by atoms with E-state index in [1.807, 2.05) is 30.3 Å².